The van der Waals surface area contributed by atoms with E-state index in [9.17, 15) is 0 Å². The van der Waals surface area contributed by atoms with Crippen molar-refractivity contribution < 1.29 is 9.47 Å². The van der Waals surface area contributed by atoms with Crippen molar-refractivity contribution in [3.8, 4) is 11.5 Å². The quantitative estimate of drug-likeness (QED) is 0.310. The topological polar surface area (TPSA) is 54.9 Å². The summed E-state index contributed by atoms with van der Waals surface area (Å²) < 4.78 is 11.4. The summed E-state index contributed by atoms with van der Waals surface area (Å²) in [6.45, 7) is 4.56. The fourth-order valence-electron chi connectivity index (χ4n) is 2.05. The zero-order valence-corrected chi connectivity index (χ0v) is 15.9. The molecule has 0 fully saturated rings. The van der Waals surface area contributed by atoms with E-state index in [2.05, 4.69) is 22.4 Å². The molecule has 0 spiro atoms. The minimum Gasteiger partial charge on any atom is -0.493 e. The average Bonchev–Trinajstić information content (AvgIpc) is 2.66. The maximum atomic E-state index is 5.96. The van der Waals surface area contributed by atoms with Crippen molar-refractivity contribution in [3.05, 3.63) is 71.3 Å². The van der Waals surface area contributed by atoms with E-state index < -0.39 is 0 Å². The molecule has 2 N–H and O–H groups in total. The van der Waals surface area contributed by atoms with Gasteiger partial charge in [-0.05, 0) is 42.0 Å². The zero-order chi connectivity index (χ0) is 18.8. The molecule has 2 aromatic carbocycles. The van der Waals surface area contributed by atoms with Crippen molar-refractivity contribution in [1.29, 1.82) is 0 Å². The fourth-order valence-corrected chi connectivity index (χ4v) is 2.31. The van der Waals surface area contributed by atoms with Crippen LogP contribution in [0.15, 0.2) is 60.2 Å². The summed E-state index contributed by atoms with van der Waals surface area (Å²) in [5.41, 5.74) is 4.50. The highest BCUT2D eigenvalue weighted by Crippen LogP contribution is 2.30. The van der Waals surface area contributed by atoms with Crippen LogP contribution in [0.25, 0.3) is 0 Å². The Kier molecular flexibility index (Phi) is 7.92. The van der Waals surface area contributed by atoms with Gasteiger partial charge in [-0.25, -0.2) is 0 Å². The van der Waals surface area contributed by atoms with E-state index in [1.807, 2.05) is 42.5 Å². The Morgan fingerprint density at radius 3 is 2.73 bits per heavy atom. The van der Waals surface area contributed by atoms with Gasteiger partial charge in [0.2, 0.25) is 0 Å². The third-order valence-electron chi connectivity index (χ3n) is 3.30. The van der Waals surface area contributed by atoms with Crippen LogP contribution in [-0.4, -0.2) is 25.0 Å². The first-order valence-corrected chi connectivity index (χ1v) is 8.64. The van der Waals surface area contributed by atoms with Crippen molar-refractivity contribution in [3.63, 3.8) is 0 Å². The predicted octanol–water partition coefficient (Wildman–Crippen LogP) is 3.91. The SMILES string of the molecule is C=CCNC(=S)NN=Cc1cccc(OC)c1OCc1ccc(Cl)cc1. The number of rotatable bonds is 8. The fraction of sp³-hybridized carbons (Fsp3) is 0.158. The maximum Gasteiger partial charge on any atom is 0.187 e. The van der Waals surface area contributed by atoms with E-state index in [-0.39, 0.29) is 0 Å². The number of hydrogen-bond donors (Lipinski definition) is 2. The molecule has 0 aliphatic heterocycles. The molecule has 0 atom stereocenters. The summed E-state index contributed by atoms with van der Waals surface area (Å²) >= 11 is 11.0. The second-order valence-corrected chi connectivity index (χ2v) is 6.01. The van der Waals surface area contributed by atoms with Crippen LogP contribution in [0.2, 0.25) is 5.02 Å². The first-order chi connectivity index (χ1) is 12.6. The molecular formula is C19H20ClN3O2S. The molecule has 0 aliphatic rings. The number of methoxy groups -OCH3 is 1. The molecule has 0 radical (unpaired) electrons. The van der Waals surface area contributed by atoms with Crippen LogP contribution in [0.5, 0.6) is 11.5 Å². The summed E-state index contributed by atoms with van der Waals surface area (Å²) in [5, 5.41) is 8.16. The second-order valence-electron chi connectivity index (χ2n) is 5.16. The van der Waals surface area contributed by atoms with Gasteiger partial charge in [-0.15, -0.1) is 6.58 Å². The van der Waals surface area contributed by atoms with Crippen LogP contribution in [0.4, 0.5) is 0 Å². The molecule has 7 heteroatoms. The lowest BCUT2D eigenvalue weighted by atomic mass is 10.2. The Morgan fingerprint density at radius 2 is 2.04 bits per heavy atom. The second kappa shape index (κ2) is 10.4. The first kappa shape index (κ1) is 19.8. The normalized spacial score (nSPS) is 10.4. The van der Waals surface area contributed by atoms with Crippen LogP contribution in [0.3, 0.4) is 0 Å². The van der Waals surface area contributed by atoms with E-state index in [0.29, 0.717) is 34.8 Å². The molecule has 0 saturated heterocycles. The number of hydrazone groups is 1. The zero-order valence-electron chi connectivity index (χ0n) is 14.4. The highest BCUT2D eigenvalue weighted by atomic mass is 35.5. The minimum absolute atomic E-state index is 0.380. The third kappa shape index (κ3) is 6.06. The number of nitrogens with one attached hydrogen (secondary N) is 2. The van der Waals surface area contributed by atoms with E-state index in [0.717, 1.165) is 11.1 Å². The Bertz CT molecular complexity index is 779. The third-order valence-corrected chi connectivity index (χ3v) is 3.79. The summed E-state index contributed by atoms with van der Waals surface area (Å²) in [6.07, 6.45) is 3.34. The number of halogens is 1. The summed E-state index contributed by atoms with van der Waals surface area (Å²) in [5.74, 6) is 1.22. The molecule has 0 unspecified atom stereocenters. The van der Waals surface area contributed by atoms with Gasteiger partial charge in [-0.2, -0.15) is 5.10 Å². The van der Waals surface area contributed by atoms with Gasteiger partial charge in [0.1, 0.15) is 6.61 Å². The molecule has 0 amide bonds. The summed E-state index contributed by atoms with van der Waals surface area (Å²) in [7, 11) is 1.60. The smallest absolute Gasteiger partial charge is 0.187 e. The molecule has 136 valence electrons. The van der Waals surface area contributed by atoms with Crippen LogP contribution < -0.4 is 20.2 Å². The lowest BCUT2D eigenvalue weighted by Gasteiger charge is -2.13. The molecule has 2 aromatic rings. The lowest BCUT2D eigenvalue weighted by Crippen LogP contribution is -2.31. The van der Waals surface area contributed by atoms with Crippen molar-refractivity contribution in [2.75, 3.05) is 13.7 Å². The van der Waals surface area contributed by atoms with E-state index in [1.165, 1.54) is 0 Å². The average molecular weight is 390 g/mol. The summed E-state index contributed by atoms with van der Waals surface area (Å²) in [6, 6.07) is 13.1. The molecule has 0 aromatic heterocycles. The van der Waals surface area contributed by atoms with Gasteiger partial charge in [0.15, 0.2) is 16.6 Å². The van der Waals surface area contributed by atoms with Gasteiger partial charge in [-0.1, -0.05) is 35.9 Å². The van der Waals surface area contributed by atoms with Gasteiger partial charge >= 0.3 is 0 Å². The first-order valence-electron chi connectivity index (χ1n) is 7.86. The van der Waals surface area contributed by atoms with Crippen LogP contribution >= 0.6 is 23.8 Å². The molecule has 5 nitrogen and oxygen atoms in total. The van der Waals surface area contributed by atoms with E-state index >= 15 is 0 Å². The predicted molar refractivity (Wildman–Crippen MR) is 110 cm³/mol. The molecule has 0 aliphatic carbocycles. The lowest BCUT2D eigenvalue weighted by molar-refractivity contribution is 0.284. The molecule has 2 rings (SSSR count). The minimum atomic E-state index is 0.380. The molecule has 0 bridgehead atoms. The van der Waals surface area contributed by atoms with Gasteiger partial charge in [0, 0.05) is 17.1 Å². The van der Waals surface area contributed by atoms with Crippen LogP contribution in [-0.2, 0) is 6.61 Å². The number of para-hydroxylation sites is 1. The largest absolute Gasteiger partial charge is 0.493 e. The van der Waals surface area contributed by atoms with Crippen molar-refractivity contribution in [2.45, 2.75) is 6.61 Å². The van der Waals surface area contributed by atoms with Gasteiger partial charge in [-0.3, -0.25) is 5.43 Å². The maximum absolute atomic E-state index is 5.96. The standard InChI is InChI=1S/C19H20ClN3O2S/c1-3-11-21-19(26)23-22-12-15-5-4-6-17(24-2)18(15)25-13-14-7-9-16(20)10-8-14/h3-10,12H,1,11,13H2,2H3,(H2,21,23,26). The van der Waals surface area contributed by atoms with Gasteiger partial charge < -0.3 is 14.8 Å². The van der Waals surface area contributed by atoms with Crippen molar-refractivity contribution in [1.82, 2.24) is 10.7 Å². The van der Waals surface area contributed by atoms with Gasteiger partial charge in [0.25, 0.3) is 0 Å². The molecular weight excluding hydrogens is 370 g/mol. The Morgan fingerprint density at radius 1 is 1.27 bits per heavy atom. The highest BCUT2D eigenvalue weighted by Gasteiger charge is 2.09. The molecule has 0 saturated carbocycles. The number of nitrogens with zero attached hydrogens (tertiary/aromatic N) is 1. The van der Waals surface area contributed by atoms with Crippen molar-refractivity contribution >= 4 is 35.1 Å². The Labute approximate surface area is 163 Å². The van der Waals surface area contributed by atoms with E-state index in [1.54, 1.807) is 19.4 Å². The van der Waals surface area contributed by atoms with E-state index in [4.69, 9.17) is 33.3 Å². The highest BCUT2D eigenvalue weighted by molar-refractivity contribution is 7.80. The number of hydrogen-bond acceptors (Lipinski definition) is 4. The number of thiocarbonyl (C=S) groups is 1. The van der Waals surface area contributed by atoms with Crippen molar-refractivity contribution in [2.24, 2.45) is 5.10 Å². The molecule has 0 heterocycles. The van der Waals surface area contributed by atoms with Gasteiger partial charge in [0.05, 0.1) is 13.3 Å². The summed E-state index contributed by atoms with van der Waals surface area (Å²) in [4.78, 5) is 0. The number of benzene rings is 2. The Balaban J connectivity index is 2.09. The Hall–Kier alpha value is -2.57. The molecule has 26 heavy (non-hydrogen) atoms. The number of ether oxygens (including phenoxy) is 2. The monoisotopic (exact) mass is 389 g/mol. The van der Waals surface area contributed by atoms with Crippen LogP contribution in [0.1, 0.15) is 11.1 Å². The van der Waals surface area contributed by atoms with Crippen LogP contribution in [0, 0.1) is 0 Å².